The molecule has 1 fully saturated rings. The monoisotopic (exact) mass is 404 g/mol. The van der Waals surface area contributed by atoms with E-state index in [1.165, 1.54) is 11.8 Å². The minimum atomic E-state index is -0.449. The average molecular weight is 405 g/mol. The summed E-state index contributed by atoms with van der Waals surface area (Å²) >= 11 is 0. The lowest BCUT2D eigenvalue weighted by atomic mass is 10.0. The molecule has 0 radical (unpaired) electrons. The lowest BCUT2D eigenvalue weighted by Gasteiger charge is -2.32. The molecule has 0 spiro atoms. The number of aryl methyl sites for hydroxylation is 1. The summed E-state index contributed by atoms with van der Waals surface area (Å²) in [6, 6.07) is 18.2. The molecule has 1 aliphatic rings. The molecule has 2 aromatic carbocycles. The molecule has 2 aromatic rings. The number of likely N-dealkylation sites (tertiary alicyclic amines) is 1. The van der Waals surface area contributed by atoms with Crippen LogP contribution in [0.15, 0.2) is 60.3 Å². The number of carbonyl (C=O) groups is 1. The van der Waals surface area contributed by atoms with Crippen LogP contribution in [-0.4, -0.2) is 37.0 Å². The summed E-state index contributed by atoms with van der Waals surface area (Å²) < 4.78 is 5.28. The molecule has 6 nitrogen and oxygen atoms in total. The molecule has 0 aliphatic carbocycles. The van der Waals surface area contributed by atoms with Gasteiger partial charge in [0, 0.05) is 31.9 Å². The third-order valence-electron chi connectivity index (χ3n) is 5.27. The van der Waals surface area contributed by atoms with Crippen molar-refractivity contribution in [2.75, 3.05) is 25.5 Å². The Kier molecular flexibility index (Phi) is 7.47. The quantitative estimate of drug-likeness (QED) is 0.545. The molecule has 0 aromatic heterocycles. The zero-order valence-corrected chi connectivity index (χ0v) is 17.5. The normalized spacial score (nSPS) is 15.3. The van der Waals surface area contributed by atoms with Crippen molar-refractivity contribution in [1.29, 1.82) is 5.26 Å². The predicted octanol–water partition coefficient (Wildman–Crippen LogP) is 3.60. The summed E-state index contributed by atoms with van der Waals surface area (Å²) in [4.78, 5) is 15.0. The van der Waals surface area contributed by atoms with Crippen molar-refractivity contribution in [3.05, 3.63) is 71.4 Å². The number of hydrogen-bond acceptors (Lipinski definition) is 5. The second kappa shape index (κ2) is 10.5. The van der Waals surface area contributed by atoms with Gasteiger partial charge in [-0.1, -0.05) is 36.4 Å². The first-order valence-electron chi connectivity index (χ1n) is 10.2. The Hall–Kier alpha value is -3.30. The minimum Gasteiger partial charge on any atom is -0.495 e. The smallest absolute Gasteiger partial charge is 0.267 e. The van der Waals surface area contributed by atoms with Crippen LogP contribution in [0.4, 0.5) is 5.69 Å². The molecule has 2 N–H and O–H groups in total. The fourth-order valence-corrected chi connectivity index (χ4v) is 3.56. The van der Waals surface area contributed by atoms with Gasteiger partial charge in [0.25, 0.3) is 5.91 Å². The standard InChI is InChI=1S/C24H28N4O2/c1-18-8-9-23(30-2)22(14-18)27-24(29)20(15-25)16-26-21-10-12-28(13-11-21)17-19-6-4-3-5-7-19/h3-9,14,16,21,26H,10-13,17H2,1-2H3,(H,27,29)/b20-16-. The fourth-order valence-electron chi connectivity index (χ4n) is 3.56. The maximum Gasteiger partial charge on any atom is 0.267 e. The highest BCUT2D eigenvalue weighted by Crippen LogP contribution is 2.25. The number of ether oxygens (including phenoxy) is 1. The van der Waals surface area contributed by atoms with Crippen molar-refractivity contribution in [2.45, 2.75) is 32.4 Å². The van der Waals surface area contributed by atoms with E-state index in [-0.39, 0.29) is 11.6 Å². The Labute approximate surface area is 178 Å². The first-order valence-corrected chi connectivity index (χ1v) is 10.2. The van der Waals surface area contributed by atoms with E-state index in [1.54, 1.807) is 13.2 Å². The Morgan fingerprint density at radius 1 is 1.23 bits per heavy atom. The highest BCUT2D eigenvalue weighted by atomic mass is 16.5. The summed E-state index contributed by atoms with van der Waals surface area (Å²) in [5, 5.41) is 15.5. The number of nitriles is 1. The van der Waals surface area contributed by atoms with Crippen molar-refractivity contribution < 1.29 is 9.53 Å². The van der Waals surface area contributed by atoms with Crippen LogP contribution in [0.2, 0.25) is 0 Å². The van der Waals surface area contributed by atoms with E-state index >= 15 is 0 Å². The Morgan fingerprint density at radius 2 is 1.97 bits per heavy atom. The summed E-state index contributed by atoms with van der Waals surface area (Å²) in [5.41, 5.74) is 2.91. The Bertz CT molecular complexity index is 926. The number of anilines is 1. The van der Waals surface area contributed by atoms with E-state index < -0.39 is 5.91 Å². The Morgan fingerprint density at radius 3 is 2.63 bits per heavy atom. The van der Waals surface area contributed by atoms with Gasteiger partial charge in [-0.15, -0.1) is 0 Å². The molecule has 3 rings (SSSR count). The van der Waals surface area contributed by atoms with E-state index in [2.05, 4.69) is 39.8 Å². The number of carbonyl (C=O) groups excluding carboxylic acids is 1. The van der Waals surface area contributed by atoms with Crippen LogP contribution in [-0.2, 0) is 11.3 Å². The number of methoxy groups -OCH3 is 1. The molecule has 0 atom stereocenters. The molecule has 156 valence electrons. The number of hydrogen-bond donors (Lipinski definition) is 2. The van der Waals surface area contributed by atoms with Crippen LogP contribution in [0, 0.1) is 18.3 Å². The number of piperidine rings is 1. The number of nitrogens with one attached hydrogen (secondary N) is 2. The van der Waals surface area contributed by atoms with Crippen LogP contribution in [0.5, 0.6) is 5.75 Å². The van der Waals surface area contributed by atoms with Gasteiger partial charge in [0.15, 0.2) is 0 Å². The molecule has 0 bridgehead atoms. The lowest BCUT2D eigenvalue weighted by molar-refractivity contribution is -0.112. The van der Waals surface area contributed by atoms with Crippen LogP contribution in [0.25, 0.3) is 0 Å². The number of benzene rings is 2. The molecular weight excluding hydrogens is 376 g/mol. The van der Waals surface area contributed by atoms with Gasteiger partial charge < -0.3 is 15.4 Å². The number of nitrogens with zero attached hydrogens (tertiary/aromatic N) is 2. The number of rotatable bonds is 7. The van der Waals surface area contributed by atoms with Crippen molar-refractivity contribution in [3.8, 4) is 11.8 Å². The van der Waals surface area contributed by atoms with Crippen molar-refractivity contribution in [1.82, 2.24) is 10.2 Å². The van der Waals surface area contributed by atoms with Crippen molar-refractivity contribution >= 4 is 11.6 Å². The fraction of sp³-hybridized carbons (Fsp3) is 0.333. The van der Waals surface area contributed by atoms with Gasteiger partial charge in [-0.05, 0) is 43.0 Å². The first kappa shape index (κ1) is 21.4. The van der Waals surface area contributed by atoms with Crippen LogP contribution in [0.3, 0.4) is 0 Å². The number of amides is 1. The van der Waals surface area contributed by atoms with Gasteiger partial charge in [0.05, 0.1) is 12.8 Å². The van der Waals surface area contributed by atoms with E-state index in [0.717, 1.165) is 38.0 Å². The molecule has 30 heavy (non-hydrogen) atoms. The van der Waals surface area contributed by atoms with E-state index in [0.29, 0.717) is 11.4 Å². The average Bonchev–Trinajstić information content (AvgIpc) is 2.76. The van der Waals surface area contributed by atoms with E-state index in [1.807, 2.05) is 31.2 Å². The van der Waals surface area contributed by atoms with Crippen molar-refractivity contribution in [2.24, 2.45) is 0 Å². The third kappa shape index (κ3) is 5.85. The van der Waals surface area contributed by atoms with Crippen molar-refractivity contribution in [3.63, 3.8) is 0 Å². The highest BCUT2D eigenvalue weighted by Gasteiger charge is 2.19. The minimum absolute atomic E-state index is 0.0466. The molecule has 1 saturated heterocycles. The predicted molar refractivity (Wildman–Crippen MR) is 118 cm³/mol. The van der Waals surface area contributed by atoms with Crippen LogP contribution in [0.1, 0.15) is 24.0 Å². The summed E-state index contributed by atoms with van der Waals surface area (Å²) in [5.74, 6) is 0.111. The summed E-state index contributed by atoms with van der Waals surface area (Å²) in [6.07, 6.45) is 3.47. The SMILES string of the molecule is COc1ccc(C)cc1NC(=O)/C(C#N)=C\NC1CCN(Cc2ccccc2)CC1. The molecule has 6 heteroatoms. The molecule has 1 heterocycles. The molecular formula is C24H28N4O2. The Balaban J connectivity index is 1.53. The molecule has 1 aliphatic heterocycles. The molecule has 0 unspecified atom stereocenters. The second-order valence-corrected chi connectivity index (χ2v) is 7.53. The maximum absolute atomic E-state index is 12.5. The zero-order valence-electron chi connectivity index (χ0n) is 17.5. The van der Waals surface area contributed by atoms with Gasteiger partial charge >= 0.3 is 0 Å². The van der Waals surface area contributed by atoms with Gasteiger partial charge in [-0.3, -0.25) is 9.69 Å². The van der Waals surface area contributed by atoms with Crippen LogP contribution < -0.4 is 15.4 Å². The topological polar surface area (TPSA) is 77.4 Å². The maximum atomic E-state index is 12.5. The highest BCUT2D eigenvalue weighted by molar-refractivity contribution is 6.07. The molecule has 1 amide bonds. The van der Waals surface area contributed by atoms with Crippen LogP contribution >= 0.6 is 0 Å². The largest absolute Gasteiger partial charge is 0.495 e. The third-order valence-corrected chi connectivity index (χ3v) is 5.27. The van der Waals surface area contributed by atoms with Gasteiger partial charge in [-0.2, -0.15) is 5.26 Å². The lowest BCUT2D eigenvalue weighted by Crippen LogP contribution is -2.40. The second-order valence-electron chi connectivity index (χ2n) is 7.53. The van der Waals surface area contributed by atoms with Gasteiger partial charge in [0.1, 0.15) is 17.4 Å². The van der Waals surface area contributed by atoms with E-state index in [9.17, 15) is 10.1 Å². The van der Waals surface area contributed by atoms with E-state index in [4.69, 9.17) is 4.74 Å². The first-order chi connectivity index (χ1) is 14.6. The van der Waals surface area contributed by atoms with Gasteiger partial charge in [-0.25, -0.2) is 0 Å². The van der Waals surface area contributed by atoms with Gasteiger partial charge in [0.2, 0.25) is 0 Å². The zero-order chi connectivity index (χ0) is 21.3. The summed E-state index contributed by atoms with van der Waals surface area (Å²) in [6.45, 7) is 4.85. The molecule has 0 saturated carbocycles. The summed E-state index contributed by atoms with van der Waals surface area (Å²) in [7, 11) is 1.55.